The molecular weight excluding hydrogens is 626 g/mol. The molecule has 0 bridgehead atoms. The van der Waals surface area contributed by atoms with Crippen LogP contribution < -0.4 is 14.2 Å². The van der Waals surface area contributed by atoms with Gasteiger partial charge >= 0.3 is 6.09 Å². The molecule has 1 saturated heterocycles. The van der Waals surface area contributed by atoms with Gasteiger partial charge in [0.05, 0.1) is 18.0 Å². The average molecular weight is 659 g/mol. The third kappa shape index (κ3) is 7.14. The summed E-state index contributed by atoms with van der Waals surface area (Å²) in [5, 5.41) is 1.02. The molecule has 4 aromatic carbocycles. The van der Waals surface area contributed by atoms with Crippen molar-refractivity contribution in [3.63, 3.8) is 0 Å². The minimum absolute atomic E-state index is 0.0672. The van der Waals surface area contributed by atoms with Crippen molar-refractivity contribution in [1.29, 1.82) is 0 Å². The number of fused-ring (bicyclic) bond motifs is 1. The van der Waals surface area contributed by atoms with Gasteiger partial charge in [0.2, 0.25) is 0 Å². The van der Waals surface area contributed by atoms with Crippen molar-refractivity contribution >= 4 is 43.4 Å². The number of likely N-dealkylation sites (tertiary alicyclic amines) is 1. The molecule has 1 aromatic heterocycles. The molecule has 0 atom stereocenters. The van der Waals surface area contributed by atoms with E-state index in [-0.39, 0.29) is 12.2 Å². The Bertz CT molecular complexity index is 1710. The predicted molar refractivity (Wildman–Crippen MR) is 174 cm³/mol. The molecule has 8 heteroatoms. The second-order valence-corrected chi connectivity index (χ2v) is 13.4. The summed E-state index contributed by atoms with van der Waals surface area (Å²) in [4.78, 5) is 14.9. The fourth-order valence-corrected chi connectivity index (χ4v) is 6.09. The summed E-state index contributed by atoms with van der Waals surface area (Å²) < 4.78 is 26.3. The lowest BCUT2D eigenvalue weighted by molar-refractivity contribution is -0.0221. The largest absolute Gasteiger partial charge is 0.489 e. The van der Waals surface area contributed by atoms with E-state index in [4.69, 9.17) is 18.9 Å². The van der Waals surface area contributed by atoms with Crippen LogP contribution >= 0.6 is 27.3 Å². The first-order chi connectivity index (χ1) is 20.7. The number of amides is 1. The highest BCUT2D eigenvalue weighted by molar-refractivity contribution is 9.10. The van der Waals surface area contributed by atoms with Crippen LogP contribution in [-0.2, 0) is 11.3 Å². The summed E-state index contributed by atoms with van der Waals surface area (Å²) in [5.74, 6) is 3.05. The highest BCUT2D eigenvalue weighted by atomic mass is 79.9. The zero-order valence-corrected chi connectivity index (χ0v) is 26.6. The fraction of sp³-hybridized carbons (Fsp3) is 0.229. The minimum Gasteiger partial charge on any atom is -0.489 e. The SMILES string of the molecule is CC(C)(C)OC(=O)N1CC(Oc2ccc(Oc3c(-c4ccc(Br)cc4)sc4cc(OCc5ccccc5)ccc34)cc2)C1. The Morgan fingerprint density at radius 3 is 2.26 bits per heavy atom. The lowest BCUT2D eigenvalue weighted by Crippen LogP contribution is -2.57. The van der Waals surface area contributed by atoms with E-state index < -0.39 is 5.60 Å². The minimum atomic E-state index is -0.512. The lowest BCUT2D eigenvalue weighted by Gasteiger charge is -2.39. The molecule has 0 N–H and O–H groups in total. The number of thiophene rings is 1. The van der Waals surface area contributed by atoms with Crippen molar-refractivity contribution in [3.05, 3.63) is 107 Å². The first-order valence-electron chi connectivity index (χ1n) is 14.1. The molecule has 1 aliphatic rings. The van der Waals surface area contributed by atoms with E-state index in [2.05, 4.69) is 52.3 Å². The highest BCUT2D eigenvalue weighted by Crippen LogP contribution is 2.47. The van der Waals surface area contributed by atoms with Gasteiger partial charge in [-0.1, -0.05) is 58.4 Å². The van der Waals surface area contributed by atoms with Crippen LogP contribution in [0, 0.1) is 0 Å². The van der Waals surface area contributed by atoms with Gasteiger partial charge in [-0.15, -0.1) is 11.3 Å². The Hall–Kier alpha value is -4.01. The van der Waals surface area contributed by atoms with Crippen molar-refractivity contribution in [1.82, 2.24) is 4.90 Å². The summed E-state index contributed by atoms with van der Waals surface area (Å²) in [6.07, 6.45) is -0.377. The van der Waals surface area contributed by atoms with Crippen LogP contribution in [0.2, 0.25) is 0 Å². The van der Waals surface area contributed by atoms with Crippen LogP contribution in [-0.4, -0.2) is 35.8 Å². The maximum absolute atomic E-state index is 12.2. The van der Waals surface area contributed by atoms with Gasteiger partial charge in [-0.2, -0.15) is 0 Å². The maximum Gasteiger partial charge on any atom is 0.410 e. The molecular formula is C35H32BrNO5S. The zero-order chi connectivity index (χ0) is 30.0. The molecule has 43 heavy (non-hydrogen) atoms. The van der Waals surface area contributed by atoms with Crippen LogP contribution in [0.15, 0.2) is 102 Å². The predicted octanol–water partition coefficient (Wildman–Crippen LogP) is 9.70. The molecule has 0 unspecified atom stereocenters. The van der Waals surface area contributed by atoms with E-state index in [1.165, 1.54) is 0 Å². The van der Waals surface area contributed by atoms with E-state index in [9.17, 15) is 4.79 Å². The molecule has 1 aliphatic heterocycles. The normalized spacial score (nSPS) is 13.4. The Morgan fingerprint density at radius 2 is 1.56 bits per heavy atom. The van der Waals surface area contributed by atoms with Crippen molar-refractivity contribution in [2.75, 3.05) is 13.1 Å². The highest BCUT2D eigenvalue weighted by Gasteiger charge is 2.35. The van der Waals surface area contributed by atoms with Crippen molar-refractivity contribution in [2.45, 2.75) is 39.1 Å². The van der Waals surface area contributed by atoms with Crippen molar-refractivity contribution in [2.24, 2.45) is 0 Å². The Morgan fingerprint density at radius 1 is 0.884 bits per heavy atom. The van der Waals surface area contributed by atoms with Crippen LogP contribution in [0.25, 0.3) is 20.5 Å². The first kappa shape index (κ1) is 29.1. The molecule has 1 amide bonds. The molecule has 1 fully saturated rings. The van der Waals surface area contributed by atoms with Gasteiger partial charge in [0, 0.05) is 14.6 Å². The standard InChI is InChI=1S/C35H32BrNO5S/c1-35(2,3)42-34(38)37-20-29(21-37)40-26-13-15-27(16-14-26)41-32-30-18-17-28(39-22-23-7-5-4-6-8-23)19-31(30)43-33(32)24-9-11-25(36)12-10-24/h4-19,29H,20-22H2,1-3H3. The van der Waals surface area contributed by atoms with Crippen LogP contribution in [0.3, 0.4) is 0 Å². The summed E-state index contributed by atoms with van der Waals surface area (Å²) in [5.41, 5.74) is 1.69. The van der Waals surface area contributed by atoms with Crippen LogP contribution in [0.1, 0.15) is 26.3 Å². The maximum atomic E-state index is 12.2. The van der Waals surface area contributed by atoms with Gasteiger partial charge in [-0.3, -0.25) is 0 Å². The zero-order valence-electron chi connectivity index (χ0n) is 24.2. The number of carbonyl (C=O) groups is 1. The van der Waals surface area contributed by atoms with Gasteiger partial charge < -0.3 is 23.8 Å². The third-order valence-electron chi connectivity index (χ3n) is 6.82. The fourth-order valence-electron chi connectivity index (χ4n) is 4.66. The second-order valence-electron chi connectivity index (χ2n) is 11.4. The molecule has 6 nitrogen and oxygen atoms in total. The number of hydrogen-bond acceptors (Lipinski definition) is 6. The van der Waals surface area contributed by atoms with Crippen molar-refractivity contribution < 1.29 is 23.7 Å². The number of ether oxygens (including phenoxy) is 4. The molecule has 5 aromatic rings. The number of nitrogens with zero attached hydrogens (tertiary/aromatic N) is 1. The summed E-state index contributed by atoms with van der Waals surface area (Å²) >= 11 is 5.22. The Labute approximate surface area is 263 Å². The van der Waals surface area contributed by atoms with Crippen LogP contribution in [0.5, 0.6) is 23.0 Å². The molecule has 0 aliphatic carbocycles. The van der Waals surface area contributed by atoms with E-state index in [1.807, 2.05) is 81.4 Å². The lowest BCUT2D eigenvalue weighted by atomic mass is 10.1. The summed E-state index contributed by atoms with van der Waals surface area (Å²) in [6.45, 7) is 7.10. The molecule has 0 radical (unpaired) electrons. The van der Waals surface area contributed by atoms with Gasteiger partial charge in [0.1, 0.15) is 35.6 Å². The quantitative estimate of drug-likeness (QED) is 0.166. The number of rotatable bonds is 8. The van der Waals surface area contributed by atoms with Crippen molar-refractivity contribution in [3.8, 4) is 33.4 Å². The van der Waals surface area contributed by atoms with Gasteiger partial charge in [0.15, 0.2) is 5.75 Å². The number of benzene rings is 4. The second kappa shape index (κ2) is 12.3. The van der Waals surface area contributed by atoms with E-state index in [1.54, 1.807) is 16.2 Å². The van der Waals surface area contributed by atoms with Crippen LogP contribution in [0.4, 0.5) is 4.79 Å². The third-order valence-corrected chi connectivity index (χ3v) is 8.53. The topological polar surface area (TPSA) is 57.2 Å². The van der Waals surface area contributed by atoms with Gasteiger partial charge in [-0.25, -0.2) is 4.79 Å². The number of hydrogen-bond donors (Lipinski definition) is 0. The molecule has 2 heterocycles. The van der Waals surface area contributed by atoms with Gasteiger partial charge in [-0.05, 0) is 86.5 Å². The molecule has 220 valence electrons. The summed E-state index contributed by atoms with van der Waals surface area (Å²) in [7, 11) is 0. The number of carbonyl (C=O) groups excluding carboxylic acids is 1. The van der Waals surface area contributed by atoms with Gasteiger partial charge in [0.25, 0.3) is 0 Å². The Balaban J connectivity index is 1.17. The molecule has 6 rings (SSSR count). The first-order valence-corrected chi connectivity index (χ1v) is 15.7. The monoisotopic (exact) mass is 657 g/mol. The van der Waals surface area contributed by atoms with E-state index >= 15 is 0 Å². The molecule has 0 spiro atoms. The average Bonchev–Trinajstić information content (AvgIpc) is 3.31. The smallest absolute Gasteiger partial charge is 0.410 e. The van der Waals surface area contributed by atoms with E-state index in [0.29, 0.717) is 25.4 Å². The Kier molecular flexibility index (Phi) is 8.32. The number of halogens is 1. The summed E-state index contributed by atoms with van der Waals surface area (Å²) in [6, 6.07) is 32.1. The van der Waals surface area contributed by atoms with E-state index in [0.717, 1.165) is 47.8 Å². The molecule has 0 saturated carbocycles.